The molecular formula is C19H20ClN5O3S2. The van der Waals surface area contributed by atoms with E-state index in [1.54, 1.807) is 47.5 Å². The third-order valence-corrected chi connectivity index (χ3v) is 8.80. The first-order valence-corrected chi connectivity index (χ1v) is 12.0. The fourth-order valence-electron chi connectivity index (χ4n) is 3.58. The van der Waals surface area contributed by atoms with Gasteiger partial charge in [-0.15, -0.1) is 11.3 Å². The van der Waals surface area contributed by atoms with Gasteiger partial charge in [-0.2, -0.15) is 19.3 Å². The minimum Gasteiger partial charge on any atom is -0.366 e. The van der Waals surface area contributed by atoms with Gasteiger partial charge in [0.2, 0.25) is 5.91 Å². The molecule has 3 heterocycles. The fraction of sp³-hybridized carbons (Fsp3) is 0.316. The van der Waals surface area contributed by atoms with Crippen molar-refractivity contribution in [1.82, 2.24) is 19.3 Å². The van der Waals surface area contributed by atoms with Crippen LogP contribution in [0.25, 0.3) is 0 Å². The highest BCUT2D eigenvalue weighted by atomic mass is 35.5. The number of halogens is 1. The van der Waals surface area contributed by atoms with Crippen LogP contribution in [-0.2, 0) is 16.4 Å². The average Bonchev–Trinajstić information content (AvgIpc) is 3.40. The molecule has 1 aromatic carbocycles. The molecule has 1 aliphatic rings. The monoisotopic (exact) mass is 465 g/mol. The average molecular weight is 466 g/mol. The van der Waals surface area contributed by atoms with Gasteiger partial charge < -0.3 is 5.73 Å². The molecule has 1 fully saturated rings. The van der Waals surface area contributed by atoms with Gasteiger partial charge in [0.05, 0.1) is 18.4 Å². The van der Waals surface area contributed by atoms with Crippen molar-refractivity contribution in [3.8, 4) is 0 Å². The number of carbonyl (C=O) groups excluding carboxylic acids is 1. The molecule has 0 radical (unpaired) electrons. The van der Waals surface area contributed by atoms with E-state index in [2.05, 4.69) is 10.2 Å². The number of sulfonamides is 1. The van der Waals surface area contributed by atoms with E-state index < -0.39 is 15.9 Å². The number of nitrogens with two attached hydrogens (primary N) is 1. The zero-order valence-corrected chi connectivity index (χ0v) is 18.3. The lowest BCUT2D eigenvalue weighted by atomic mass is 10.0. The lowest BCUT2D eigenvalue weighted by molar-refractivity contribution is 0.0999. The minimum atomic E-state index is -3.58. The maximum Gasteiger partial charge on any atom is 0.252 e. The predicted molar refractivity (Wildman–Crippen MR) is 114 cm³/mol. The topological polar surface area (TPSA) is 111 Å². The van der Waals surface area contributed by atoms with E-state index in [4.69, 9.17) is 17.3 Å². The third-order valence-electron chi connectivity index (χ3n) is 5.12. The predicted octanol–water partition coefficient (Wildman–Crippen LogP) is 2.71. The quantitative estimate of drug-likeness (QED) is 0.601. The molecule has 8 nitrogen and oxygen atoms in total. The smallest absolute Gasteiger partial charge is 0.252 e. The summed E-state index contributed by atoms with van der Waals surface area (Å²) in [5.74, 6) is -0.541. The molecule has 3 aromatic rings. The Labute approximate surface area is 183 Å². The molecule has 30 heavy (non-hydrogen) atoms. The molecule has 11 heteroatoms. The summed E-state index contributed by atoms with van der Waals surface area (Å²) in [4.78, 5) is 14.1. The zero-order valence-electron chi connectivity index (χ0n) is 15.9. The van der Waals surface area contributed by atoms with Crippen LogP contribution in [0.1, 0.15) is 39.7 Å². The van der Waals surface area contributed by atoms with Gasteiger partial charge in [-0.25, -0.2) is 8.42 Å². The maximum absolute atomic E-state index is 13.1. The molecule has 4 rings (SSSR count). The summed E-state index contributed by atoms with van der Waals surface area (Å²) in [5, 5.41) is 8.80. The third kappa shape index (κ3) is 4.27. The summed E-state index contributed by atoms with van der Waals surface area (Å²) in [5.41, 5.74) is 6.50. The standard InChI is InChI=1S/C19H20ClN5O3S2/c20-14-1-3-17(19(21)26)13(11-14)12-16-2-4-18(29-16)30(27,28)24-9-5-15(6-10-24)25-22-7-8-23-25/h1-4,7-8,11,15H,5-6,9-10,12H2,(H2,21,26). The number of benzene rings is 1. The van der Waals surface area contributed by atoms with Crippen LogP contribution in [0, 0.1) is 0 Å². The molecule has 2 N–H and O–H groups in total. The number of hydrogen-bond acceptors (Lipinski definition) is 6. The highest BCUT2D eigenvalue weighted by molar-refractivity contribution is 7.91. The van der Waals surface area contributed by atoms with Crippen molar-refractivity contribution in [1.29, 1.82) is 0 Å². The van der Waals surface area contributed by atoms with Crippen molar-refractivity contribution in [3.63, 3.8) is 0 Å². The Morgan fingerprint density at radius 1 is 1.17 bits per heavy atom. The molecule has 158 valence electrons. The number of hydrogen-bond donors (Lipinski definition) is 1. The SMILES string of the molecule is NC(=O)c1ccc(Cl)cc1Cc1ccc(S(=O)(=O)N2CCC(n3nccn3)CC2)s1. The summed E-state index contributed by atoms with van der Waals surface area (Å²) in [6.45, 7) is 0.837. The fourth-order valence-corrected chi connectivity index (χ4v) is 6.78. The van der Waals surface area contributed by atoms with Gasteiger partial charge in [-0.05, 0) is 48.7 Å². The first kappa shape index (κ1) is 21.0. The Hall–Kier alpha value is -2.27. The minimum absolute atomic E-state index is 0.111. The number of aromatic nitrogens is 3. The van der Waals surface area contributed by atoms with E-state index in [9.17, 15) is 13.2 Å². The van der Waals surface area contributed by atoms with Gasteiger partial charge in [-0.1, -0.05) is 11.6 Å². The molecule has 1 saturated heterocycles. The highest BCUT2D eigenvalue weighted by Gasteiger charge is 2.31. The van der Waals surface area contributed by atoms with Gasteiger partial charge in [0, 0.05) is 35.0 Å². The second-order valence-corrected chi connectivity index (χ2v) is 10.8. The molecule has 1 amide bonds. The number of thiophene rings is 1. The summed E-state index contributed by atoms with van der Waals surface area (Å²) in [7, 11) is -3.58. The van der Waals surface area contributed by atoms with E-state index in [-0.39, 0.29) is 10.3 Å². The van der Waals surface area contributed by atoms with E-state index in [0.29, 0.717) is 48.5 Å². The van der Waals surface area contributed by atoms with E-state index in [0.717, 1.165) is 4.88 Å². The Balaban J connectivity index is 1.49. The molecule has 0 spiro atoms. The van der Waals surface area contributed by atoms with Gasteiger partial charge in [0.1, 0.15) is 4.21 Å². The van der Waals surface area contributed by atoms with Crippen LogP contribution in [0.5, 0.6) is 0 Å². The molecule has 2 aromatic heterocycles. The Bertz CT molecular complexity index is 1150. The molecular weight excluding hydrogens is 446 g/mol. The first-order valence-electron chi connectivity index (χ1n) is 9.37. The lowest BCUT2D eigenvalue weighted by Crippen LogP contribution is -2.39. The van der Waals surface area contributed by atoms with Crippen LogP contribution in [0.4, 0.5) is 0 Å². The lowest BCUT2D eigenvalue weighted by Gasteiger charge is -2.30. The van der Waals surface area contributed by atoms with Crippen LogP contribution in [0.2, 0.25) is 5.02 Å². The van der Waals surface area contributed by atoms with E-state index >= 15 is 0 Å². The highest BCUT2D eigenvalue weighted by Crippen LogP contribution is 2.31. The second-order valence-electron chi connectivity index (χ2n) is 7.05. The second kappa shape index (κ2) is 8.46. The van der Waals surface area contributed by atoms with E-state index in [1.807, 2.05) is 0 Å². The number of piperidine rings is 1. The van der Waals surface area contributed by atoms with Crippen LogP contribution in [-0.4, -0.2) is 46.7 Å². The molecule has 0 unspecified atom stereocenters. The van der Waals surface area contributed by atoms with Gasteiger partial charge in [0.25, 0.3) is 10.0 Å². The largest absolute Gasteiger partial charge is 0.366 e. The zero-order chi connectivity index (χ0) is 21.3. The van der Waals surface area contributed by atoms with E-state index in [1.165, 1.54) is 15.6 Å². The van der Waals surface area contributed by atoms with Crippen molar-refractivity contribution in [3.05, 3.63) is 63.8 Å². The number of rotatable bonds is 6. The van der Waals surface area contributed by atoms with Gasteiger partial charge >= 0.3 is 0 Å². The number of nitrogens with zero attached hydrogens (tertiary/aromatic N) is 4. The summed E-state index contributed by atoms with van der Waals surface area (Å²) in [6, 6.07) is 8.38. The van der Waals surface area contributed by atoms with Crippen LogP contribution in [0.15, 0.2) is 46.9 Å². The first-order chi connectivity index (χ1) is 14.3. The van der Waals surface area contributed by atoms with Crippen LogP contribution in [0.3, 0.4) is 0 Å². The maximum atomic E-state index is 13.1. The van der Waals surface area contributed by atoms with Crippen molar-refractivity contribution >= 4 is 38.9 Å². The molecule has 0 aliphatic carbocycles. The van der Waals surface area contributed by atoms with Gasteiger partial charge in [0.15, 0.2) is 0 Å². The molecule has 0 atom stereocenters. The Morgan fingerprint density at radius 3 is 2.53 bits per heavy atom. The van der Waals surface area contributed by atoms with Crippen LogP contribution >= 0.6 is 22.9 Å². The normalized spacial score (nSPS) is 16.0. The van der Waals surface area contributed by atoms with Crippen LogP contribution < -0.4 is 5.73 Å². The molecule has 0 saturated carbocycles. The number of carbonyl (C=O) groups is 1. The van der Waals surface area contributed by atoms with Crippen molar-refractivity contribution in [2.45, 2.75) is 29.5 Å². The summed E-state index contributed by atoms with van der Waals surface area (Å²) < 4.78 is 28.0. The summed E-state index contributed by atoms with van der Waals surface area (Å²) >= 11 is 7.25. The molecule has 0 bridgehead atoms. The van der Waals surface area contributed by atoms with Crippen molar-refractivity contribution < 1.29 is 13.2 Å². The van der Waals surface area contributed by atoms with Crippen molar-refractivity contribution in [2.75, 3.05) is 13.1 Å². The Morgan fingerprint density at radius 2 is 1.87 bits per heavy atom. The number of amides is 1. The Kier molecular flexibility index (Phi) is 5.92. The van der Waals surface area contributed by atoms with Gasteiger partial charge in [-0.3, -0.25) is 4.79 Å². The summed E-state index contributed by atoms with van der Waals surface area (Å²) in [6.07, 6.45) is 4.96. The van der Waals surface area contributed by atoms with Crippen molar-refractivity contribution in [2.24, 2.45) is 5.73 Å². The number of primary amides is 1. The molecule has 1 aliphatic heterocycles.